The molecule has 0 amide bonds. The molecule has 0 spiro atoms. The zero-order valence-corrected chi connectivity index (χ0v) is 21.7. The van der Waals surface area contributed by atoms with E-state index in [0.717, 1.165) is 0 Å². The number of methoxy groups -OCH3 is 1. The van der Waals surface area contributed by atoms with Crippen molar-refractivity contribution in [2.75, 3.05) is 20.5 Å². The van der Waals surface area contributed by atoms with Gasteiger partial charge in [-0.3, -0.25) is 4.79 Å². The van der Waals surface area contributed by atoms with Crippen LogP contribution in [0.3, 0.4) is 0 Å². The normalized spacial score (nSPS) is 14.4. The Morgan fingerprint density at radius 3 is 2.48 bits per heavy atom. The predicted octanol–water partition coefficient (Wildman–Crippen LogP) is 4.31. The molecule has 40 heavy (non-hydrogen) atoms. The Bertz CT molecular complexity index is 1570. The molecule has 3 aromatic rings. The fourth-order valence-electron chi connectivity index (χ4n) is 3.88. The molecular formula is C29H23NO10. The summed E-state index contributed by atoms with van der Waals surface area (Å²) in [5, 5.41) is 0. The summed E-state index contributed by atoms with van der Waals surface area (Å²) in [5.74, 6) is 0.310. The molecule has 11 nitrogen and oxygen atoms in total. The van der Waals surface area contributed by atoms with Gasteiger partial charge in [0.2, 0.25) is 12.7 Å². The van der Waals surface area contributed by atoms with Crippen LogP contribution < -0.4 is 28.4 Å². The van der Waals surface area contributed by atoms with Crippen LogP contribution in [0.2, 0.25) is 0 Å². The van der Waals surface area contributed by atoms with Crippen molar-refractivity contribution in [3.8, 4) is 34.5 Å². The molecule has 2 heterocycles. The van der Waals surface area contributed by atoms with Crippen LogP contribution in [0, 0.1) is 0 Å². The number of hydrogen-bond donors (Lipinski definition) is 0. The van der Waals surface area contributed by atoms with Gasteiger partial charge in [-0.2, -0.15) is 0 Å². The fraction of sp³-hybridized carbons (Fsp3) is 0.172. The zero-order chi connectivity index (χ0) is 28.2. The number of aliphatic imine (C=N–C) groups is 1. The lowest BCUT2D eigenvalue weighted by atomic mass is 10.1. The van der Waals surface area contributed by atoms with E-state index in [4.69, 9.17) is 33.2 Å². The average Bonchev–Trinajstić information content (AvgIpc) is 3.56. The molecule has 2 aliphatic rings. The largest absolute Gasteiger partial charge is 0.493 e. The Kier molecular flexibility index (Phi) is 7.36. The maximum Gasteiger partial charge on any atom is 0.363 e. The summed E-state index contributed by atoms with van der Waals surface area (Å²) in [6.45, 7) is 3.47. The quantitative estimate of drug-likeness (QED) is 0.229. The van der Waals surface area contributed by atoms with E-state index in [2.05, 4.69) is 4.99 Å². The van der Waals surface area contributed by atoms with E-state index >= 15 is 0 Å². The summed E-state index contributed by atoms with van der Waals surface area (Å²) in [4.78, 5) is 40.9. The molecule has 0 saturated heterocycles. The van der Waals surface area contributed by atoms with Crippen molar-refractivity contribution in [3.05, 3.63) is 77.0 Å². The van der Waals surface area contributed by atoms with Crippen LogP contribution in [0.15, 0.2) is 65.3 Å². The van der Waals surface area contributed by atoms with Gasteiger partial charge in [0, 0.05) is 12.5 Å². The molecule has 0 bridgehead atoms. The summed E-state index contributed by atoms with van der Waals surface area (Å²) in [5.41, 5.74) is 1.34. The second kappa shape index (κ2) is 11.2. The first-order valence-electron chi connectivity index (χ1n) is 12.1. The summed E-state index contributed by atoms with van der Waals surface area (Å²) in [6, 6.07) is 14.2. The molecular weight excluding hydrogens is 522 g/mol. The maximum atomic E-state index is 12.8. The van der Waals surface area contributed by atoms with Crippen molar-refractivity contribution >= 4 is 29.9 Å². The van der Waals surface area contributed by atoms with Gasteiger partial charge in [0.15, 0.2) is 40.2 Å². The molecule has 2 aliphatic heterocycles. The molecule has 0 fully saturated rings. The van der Waals surface area contributed by atoms with Crippen LogP contribution in [0.5, 0.6) is 34.5 Å². The lowest BCUT2D eigenvalue weighted by Crippen LogP contribution is -2.09. The van der Waals surface area contributed by atoms with E-state index in [0.29, 0.717) is 35.0 Å². The van der Waals surface area contributed by atoms with Crippen molar-refractivity contribution in [3.63, 3.8) is 0 Å². The smallest absolute Gasteiger partial charge is 0.363 e. The van der Waals surface area contributed by atoms with E-state index in [9.17, 15) is 14.4 Å². The van der Waals surface area contributed by atoms with Crippen LogP contribution in [0.1, 0.15) is 35.3 Å². The van der Waals surface area contributed by atoms with Gasteiger partial charge in [0.05, 0.1) is 19.3 Å². The predicted molar refractivity (Wildman–Crippen MR) is 140 cm³/mol. The second-order valence-electron chi connectivity index (χ2n) is 8.39. The molecule has 11 heteroatoms. The number of esters is 3. The first-order valence-corrected chi connectivity index (χ1v) is 12.1. The topological polar surface area (TPSA) is 128 Å². The molecule has 0 aromatic heterocycles. The zero-order valence-electron chi connectivity index (χ0n) is 21.7. The Morgan fingerprint density at radius 1 is 0.925 bits per heavy atom. The minimum Gasteiger partial charge on any atom is -0.493 e. The highest BCUT2D eigenvalue weighted by atomic mass is 16.7. The molecule has 0 atom stereocenters. The van der Waals surface area contributed by atoms with Gasteiger partial charge in [0.25, 0.3) is 0 Å². The van der Waals surface area contributed by atoms with Gasteiger partial charge in [-0.05, 0) is 67.1 Å². The van der Waals surface area contributed by atoms with E-state index in [-0.39, 0.29) is 41.2 Å². The first kappa shape index (κ1) is 26.3. The Morgan fingerprint density at radius 2 is 1.70 bits per heavy atom. The van der Waals surface area contributed by atoms with Gasteiger partial charge in [-0.15, -0.1) is 0 Å². The summed E-state index contributed by atoms with van der Waals surface area (Å²) in [6.07, 6.45) is 1.52. The van der Waals surface area contributed by atoms with Gasteiger partial charge < -0.3 is 33.2 Å². The van der Waals surface area contributed by atoms with Gasteiger partial charge in [0.1, 0.15) is 0 Å². The number of nitrogens with zero attached hydrogens (tertiary/aromatic N) is 1. The fourth-order valence-corrected chi connectivity index (χ4v) is 3.88. The molecule has 0 unspecified atom stereocenters. The van der Waals surface area contributed by atoms with Gasteiger partial charge in [-0.1, -0.05) is 6.07 Å². The van der Waals surface area contributed by atoms with Crippen molar-refractivity contribution < 1.29 is 47.5 Å². The van der Waals surface area contributed by atoms with E-state index < -0.39 is 17.9 Å². The Labute approximate surface area is 228 Å². The number of ether oxygens (including phenoxy) is 7. The molecule has 0 saturated carbocycles. The number of cyclic esters (lactones) is 1. The monoisotopic (exact) mass is 545 g/mol. The minimum absolute atomic E-state index is 0.0468. The van der Waals surface area contributed by atoms with Crippen molar-refractivity contribution in [2.24, 2.45) is 4.99 Å². The number of carbonyl (C=O) groups excluding carboxylic acids is 3. The maximum absolute atomic E-state index is 12.8. The van der Waals surface area contributed by atoms with Gasteiger partial charge in [-0.25, -0.2) is 14.6 Å². The highest BCUT2D eigenvalue weighted by molar-refractivity contribution is 6.13. The Hall–Kier alpha value is -5.32. The molecule has 3 aromatic carbocycles. The third kappa shape index (κ3) is 5.58. The first-order chi connectivity index (χ1) is 19.3. The third-order valence-electron chi connectivity index (χ3n) is 5.67. The molecule has 0 aliphatic carbocycles. The van der Waals surface area contributed by atoms with Crippen LogP contribution in [-0.4, -0.2) is 44.3 Å². The van der Waals surface area contributed by atoms with Crippen LogP contribution >= 0.6 is 0 Å². The number of hydrogen-bond acceptors (Lipinski definition) is 11. The SMILES string of the molecule is CCOc1cc(/C=C2\N=C(c3ccc(OC(C)=O)c(OC)c3)OC2=O)ccc1OC(=O)c1ccc2c(c1)OCO2. The lowest BCUT2D eigenvalue weighted by molar-refractivity contribution is -0.132. The minimum atomic E-state index is -0.658. The van der Waals surface area contributed by atoms with Gasteiger partial charge >= 0.3 is 17.9 Å². The number of fused-ring (bicyclic) bond motifs is 1. The average molecular weight is 546 g/mol. The molecule has 0 radical (unpaired) electrons. The highest BCUT2D eigenvalue weighted by Gasteiger charge is 2.26. The number of rotatable bonds is 8. The Balaban J connectivity index is 1.37. The van der Waals surface area contributed by atoms with E-state index in [1.165, 1.54) is 26.2 Å². The molecule has 204 valence electrons. The standard InChI is InChI=1S/C29H23NO10/c1-4-35-25-12-17(5-8-23(25)39-28(32)19-7-9-21-26(14-19)37-15-36-21)11-20-29(33)40-27(30-20)18-6-10-22(38-16(2)31)24(13-18)34-3/h5-14H,4,15H2,1-3H3/b20-11-. The van der Waals surface area contributed by atoms with Crippen molar-refractivity contribution in [2.45, 2.75) is 13.8 Å². The second-order valence-corrected chi connectivity index (χ2v) is 8.39. The number of benzene rings is 3. The number of carbonyl (C=O) groups is 3. The summed E-state index contributed by atoms with van der Waals surface area (Å²) < 4.78 is 37.6. The van der Waals surface area contributed by atoms with E-state index in [1.54, 1.807) is 55.5 Å². The molecule has 5 rings (SSSR count). The lowest BCUT2D eigenvalue weighted by Gasteiger charge is -2.11. The van der Waals surface area contributed by atoms with Crippen molar-refractivity contribution in [1.29, 1.82) is 0 Å². The molecule has 0 N–H and O–H groups in total. The van der Waals surface area contributed by atoms with Crippen molar-refractivity contribution in [1.82, 2.24) is 0 Å². The van der Waals surface area contributed by atoms with E-state index in [1.807, 2.05) is 0 Å². The van der Waals surface area contributed by atoms with Crippen LogP contribution in [0.4, 0.5) is 0 Å². The van der Waals surface area contributed by atoms with Crippen LogP contribution in [-0.2, 0) is 14.3 Å². The highest BCUT2D eigenvalue weighted by Crippen LogP contribution is 2.35. The summed E-state index contributed by atoms with van der Waals surface area (Å²) in [7, 11) is 1.42. The summed E-state index contributed by atoms with van der Waals surface area (Å²) >= 11 is 0. The third-order valence-corrected chi connectivity index (χ3v) is 5.67. The van der Waals surface area contributed by atoms with Crippen LogP contribution in [0.25, 0.3) is 6.08 Å².